The largest absolute Gasteiger partial charge is 0.481 e. The summed E-state index contributed by atoms with van der Waals surface area (Å²) < 4.78 is 11.3. The summed E-state index contributed by atoms with van der Waals surface area (Å²) in [5.74, 6) is 1.52. The molecule has 0 bridgehead atoms. The Morgan fingerprint density at radius 2 is 1.84 bits per heavy atom. The number of anilines is 1. The van der Waals surface area contributed by atoms with E-state index in [-0.39, 0.29) is 12.2 Å². The number of aromatic nitrogens is 3. The molecule has 0 unspecified atom stereocenters. The molecule has 2 aromatic heterocycles. The lowest BCUT2D eigenvalue weighted by Gasteiger charge is -2.36. The number of ether oxygens (including phenoxy) is 2. The maximum absolute atomic E-state index is 5.86. The van der Waals surface area contributed by atoms with Gasteiger partial charge in [-0.1, -0.05) is 12.1 Å². The van der Waals surface area contributed by atoms with Crippen LogP contribution in [0.2, 0.25) is 0 Å². The number of methoxy groups -OCH3 is 1. The third-order valence-corrected chi connectivity index (χ3v) is 5.69. The second-order valence-electron chi connectivity index (χ2n) is 8.02. The first-order chi connectivity index (χ1) is 15.1. The Balaban J connectivity index is 1.49. The molecule has 158 valence electrons. The van der Waals surface area contributed by atoms with Crippen molar-refractivity contribution in [3.05, 3.63) is 65.7 Å². The number of nitrogens with zero attached hydrogens (tertiary/aromatic N) is 5. The van der Waals surface area contributed by atoms with Crippen molar-refractivity contribution >= 4 is 11.5 Å². The van der Waals surface area contributed by atoms with E-state index in [0.717, 1.165) is 47.0 Å². The van der Waals surface area contributed by atoms with E-state index in [4.69, 9.17) is 14.5 Å². The molecule has 3 aromatic rings. The Labute approximate surface area is 181 Å². The van der Waals surface area contributed by atoms with Crippen molar-refractivity contribution in [2.24, 2.45) is 4.99 Å². The monoisotopic (exact) mass is 415 g/mol. The van der Waals surface area contributed by atoms with Crippen molar-refractivity contribution in [1.29, 1.82) is 0 Å². The van der Waals surface area contributed by atoms with Crippen LogP contribution < -0.4 is 9.64 Å². The van der Waals surface area contributed by atoms with Gasteiger partial charge in [0.05, 0.1) is 37.3 Å². The van der Waals surface area contributed by atoms with Gasteiger partial charge < -0.3 is 14.4 Å². The Morgan fingerprint density at radius 3 is 2.65 bits per heavy atom. The molecular weight excluding hydrogens is 390 g/mol. The number of fused-ring (bicyclic) bond motifs is 1. The molecule has 0 amide bonds. The first kappa shape index (κ1) is 19.6. The maximum atomic E-state index is 5.86. The highest BCUT2D eigenvalue weighted by Gasteiger charge is 2.25. The van der Waals surface area contributed by atoms with Gasteiger partial charge in [0.25, 0.3) is 0 Å². The van der Waals surface area contributed by atoms with Crippen LogP contribution in [0.1, 0.15) is 30.7 Å². The van der Waals surface area contributed by atoms with Gasteiger partial charge in [-0.25, -0.2) is 15.0 Å². The molecule has 0 aliphatic carbocycles. The van der Waals surface area contributed by atoms with Crippen LogP contribution in [0.5, 0.6) is 5.88 Å². The zero-order chi connectivity index (χ0) is 21.4. The quantitative estimate of drug-likeness (QED) is 0.649. The molecule has 31 heavy (non-hydrogen) atoms. The van der Waals surface area contributed by atoms with Crippen molar-refractivity contribution in [3.8, 4) is 17.0 Å². The van der Waals surface area contributed by atoms with Gasteiger partial charge >= 0.3 is 0 Å². The van der Waals surface area contributed by atoms with Crippen LogP contribution in [0.4, 0.5) is 5.82 Å². The lowest BCUT2D eigenvalue weighted by Crippen LogP contribution is -2.45. The number of hydrogen-bond donors (Lipinski definition) is 0. The molecule has 7 heteroatoms. The lowest BCUT2D eigenvalue weighted by molar-refractivity contribution is -0.00546. The Morgan fingerprint density at radius 1 is 1.00 bits per heavy atom. The number of rotatable bonds is 4. The third kappa shape index (κ3) is 3.77. The van der Waals surface area contributed by atoms with Gasteiger partial charge in [-0.05, 0) is 43.2 Å². The normalized spacial score (nSPS) is 20.4. The lowest BCUT2D eigenvalue weighted by atomic mass is 9.97. The van der Waals surface area contributed by atoms with Crippen LogP contribution in [-0.2, 0) is 11.3 Å². The fourth-order valence-corrected chi connectivity index (χ4v) is 4.36. The molecule has 1 saturated heterocycles. The summed E-state index contributed by atoms with van der Waals surface area (Å²) >= 11 is 0. The second-order valence-corrected chi connectivity index (χ2v) is 8.02. The maximum Gasteiger partial charge on any atom is 0.221 e. The zero-order valence-corrected chi connectivity index (χ0v) is 17.9. The summed E-state index contributed by atoms with van der Waals surface area (Å²) in [6.45, 7) is 6.47. The van der Waals surface area contributed by atoms with E-state index in [9.17, 15) is 0 Å². The molecule has 2 aliphatic heterocycles. The van der Waals surface area contributed by atoms with Gasteiger partial charge in [0.2, 0.25) is 5.88 Å². The van der Waals surface area contributed by atoms with Crippen molar-refractivity contribution < 1.29 is 9.47 Å². The molecule has 5 rings (SSSR count). The van der Waals surface area contributed by atoms with Gasteiger partial charge in [0.1, 0.15) is 12.1 Å². The topological polar surface area (TPSA) is 72.7 Å². The van der Waals surface area contributed by atoms with Crippen LogP contribution in [0.25, 0.3) is 11.1 Å². The number of pyridine rings is 1. The summed E-state index contributed by atoms with van der Waals surface area (Å²) in [5.41, 5.74) is 6.03. The molecule has 0 spiro atoms. The fraction of sp³-hybridized carbons (Fsp3) is 0.333. The zero-order valence-electron chi connectivity index (χ0n) is 17.9. The SMILES string of the molecule is COc1ncccc1-c1ccc2c(c1)C(c1cc(N3C[C@@H](C)O[C@@H](C)C3)ncn1)=NC2. The second kappa shape index (κ2) is 8.07. The summed E-state index contributed by atoms with van der Waals surface area (Å²) in [4.78, 5) is 20.5. The molecule has 7 nitrogen and oxygen atoms in total. The Bertz CT molecular complexity index is 1140. The number of benzene rings is 1. The molecule has 2 aliphatic rings. The van der Waals surface area contributed by atoms with E-state index < -0.39 is 0 Å². The number of aliphatic imine (C=N–C) groups is 1. The Kier molecular flexibility index (Phi) is 5.11. The van der Waals surface area contributed by atoms with Crippen LogP contribution >= 0.6 is 0 Å². The highest BCUT2D eigenvalue weighted by atomic mass is 16.5. The van der Waals surface area contributed by atoms with Crippen LogP contribution in [0, 0.1) is 0 Å². The minimum absolute atomic E-state index is 0.170. The predicted octanol–water partition coefficient (Wildman–Crippen LogP) is 3.51. The van der Waals surface area contributed by atoms with Crippen LogP contribution in [-0.4, -0.2) is 53.1 Å². The van der Waals surface area contributed by atoms with Crippen molar-refractivity contribution in [2.75, 3.05) is 25.1 Å². The summed E-state index contributed by atoms with van der Waals surface area (Å²) in [7, 11) is 1.64. The molecule has 0 radical (unpaired) electrons. The number of morpholine rings is 1. The van der Waals surface area contributed by atoms with Gasteiger partial charge in [-0.15, -0.1) is 0 Å². The smallest absolute Gasteiger partial charge is 0.221 e. The fourth-order valence-electron chi connectivity index (χ4n) is 4.36. The van der Waals surface area contributed by atoms with E-state index >= 15 is 0 Å². The molecule has 0 saturated carbocycles. The van der Waals surface area contributed by atoms with Gasteiger partial charge in [-0.2, -0.15) is 0 Å². The summed E-state index contributed by atoms with van der Waals surface area (Å²) in [6.07, 6.45) is 3.70. The van der Waals surface area contributed by atoms with E-state index in [0.29, 0.717) is 12.4 Å². The average molecular weight is 415 g/mol. The van der Waals surface area contributed by atoms with Gasteiger partial charge in [-0.3, -0.25) is 4.99 Å². The minimum Gasteiger partial charge on any atom is -0.481 e. The van der Waals surface area contributed by atoms with Crippen molar-refractivity contribution in [3.63, 3.8) is 0 Å². The molecule has 1 aromatic carbocycles. The summed E-state index contributed by atoms with van der Waals surface area (Å²) in [5, 5.41) is 0. The molecule has 1 fully saturated rings. The Hall–Kier alpha value is -3.32. The average Bonchev–Trinajstić information content (AvgIpc) is 3.22. The van der Waals surface area contributed by atoms with E-state index in [2.05, 4.69) is 51.9 Å². The first-order valence-corrected chi connectivity index (χ1v) is 10.5. The van der Waals surface area contributed by atoms with Crippen molar-refractivity contribution in [2.45, 2.75) is 32.6 Å². The van der Waals surface area contributed by atoms with Gasteiger partial charge in [0, 0.05) is 36.5 Å². The molecule has 0 N–H and O–H groups in total. The standard InChI is InChI=1S/C24H25N5O2/c1-15-12-29(13-16(2)31-15)22-10-21(27-14-28-22)23-20-9-17(6-7-18(20)11-26-23)19-5-4-8-25-24(19)30-3/h4-10,14-16H,11-13H2,1-3H3/t15-,16+. The van der Waals surface area contributed by atoms with E-state index in [1.807, 2.05) is 18.2 Å². The summed E-state index contributed by atoms with van der Waals surface area (Å²) in [6, 6.07) is 12.3. The molecule has 4 heterocycles. The molecular formula is C24H25N5O2. The predicted molar refractivity (Wildman–Crippen MR) is 120 cm³/mol. The van der Waals surface area contributed by atoms with Crippen LogP contribution in [0.15, 0.2) is 53.9 Å². The van der Waals surface area contributed by atoms with E-state index in [1.54, 1.807) is 19.6 Å². The highest BCUT2D eigenvalue weighted by Crippen LogP contribution is 2.32. The highest BCUT2D eigenvalue weighted by molar-refractivity contribution is 6.14. The third-order valence-electron chi connectivity index (χ3n) is 5.69. The first-order valence-electron chi connectivity index (χ1n) is 10.5. The minimum atomic E-state index is 0.170. The van der Waals surface area contributed by atoms with E-state index in [1.165, 1.54) is 5.56 Å². The van der Waals surface area contributed by atoms with Crippen LogP contribution in [0.3, 0.4) is 0 Å². The molecule has 2 atom stereocenters. The van der Waals surface area contributed by atoms with Gasteiger partial charge in [0.15, 0.2) is 0 Å². The van der Waals surface area contributed by atoms with Crippen molar-refractivity contribution in [1.82, 2.24) is 15.0 Å². The number of hydrogen-bond acceptors (Lipinski definition) is 7.